The topological polar surface area (TPSA) is 117 Å². The van der Waals surface area contributed by atoms with Gasteiger partial charge in [0.15, 0.2) is 0 Å². The minimum Gasteiger partial charge on any atom is -0.508 e. The van der Waals surface area contributed by atoms with Crippen molar-refractivity contribution in [1.29, 1.82) is 0 Å². The minimum absolute atomic E-state index is 0.0700. The Kier molecular flexibility index (Phi) is 4.85. The normalized spacial score (nSPS) is 10.7. The Bertz CT molecular complexity index is 705. The maximum absolute atomic E-state index is 11.7. The third-order valence-electron chi connectivity index (χ3n) is 2.72. The van der Waals surface area contributed by atoms with E-state index in [4.69, 9.17) is 9.84 Å². The first-order valence-corrected chi connectivity index (χ1v) is 6.27. The number of hydrogen-bond acceptors (Lipinski definition) is 6. The Morgan fingerprint density at radius 1 is 1.24 bits per heavy atom. The zero-order valence-electron chi connectivity index (χ0n) is 11.2. The Morgan fingerprint density at radius 3 is 2.62 bits per heavy atom. The molecule has 0 radical (unpaired) electrons. The maximum Gasteiger partial charge on any atom is 0.346 e. The summed E-state index contributed by atoms with van der Waals surface area (Å²) in [6, 6.07) is 6.33. The van der Waals surface area contributed by atoms with Gasteiger partial charge in [0.05, 0.1) is 13.2 Å². The Balaban J connectivity index is 2.22. The molecule has 2 aromatic rings. The molecular formula is C13H15N3O5. The lowest BCUT2D eigenvalue weighted by Gasteiger charge is -2.06. The second-order valence-electron chi connectivity index (χ2n) is 4.31. The molecule has 0 atom stereocenters. The summed E-state index contributed by atoms with van der Waals surface area (Å²) in [6.45, 7) is -0.252. The minimum atomic E-state index is -0.674. The van der Waals surface area contributed by atoms with E-state index in [0.717, 1.165) is 10.2 Å². The van der Waals surface area contributed by atoms with Crippen LogP contribution in [0.3, 0.4) is 0 Å². The number of aliphatic hydroxyl groups is 1. The highest BCUT2D eigenvalue weighted by molar-refractivity contribution is 5.28. The van der Waals surface area contributed by atoms with Crippen molar-refractivity contribution >= 4 is 0 Å². The zero-order valence-corrected chi connectivity index (χ0v) is 11.2. The quantitative estimate of drug-likeness (QED) is 0.600. The highest BCUT2D eigenvalue weighted by atomic mass is 16.5. The van der Waals surface area contributed by atoms with Crippen molar-refractivity contribution < 1.29 is 14.9 Å². The summed E-state index contributed by atoms with van der Waals surface area (Å²) in [5.74, 6) is 0.128. The van der Waals surface area contributed by atoms with Gasteiger partial charge in [-0.1, -0.05) is 12.1 Å². The largest absolute Gasteiger partial charge is 0.508 e. The van der Waals surface area contributed by atoms with Crippen LogP contribution in [0.1, 0.15) is 11.3 Å². The second-order valence-corrected chi connectivity index (χ2v) is 4.31. The van der Waals surface area contributed by atoms with Gasteiger partial charge in [0, 0.05) is 6.42 Å². The number of aromatic nitrogens is 3. The van der Waals surface area contributed by atoms with Crippen molar-refractivity contribution in [2.75, 3.05) is 13.2 Å². The SMILES string of the molecule is O=c1[nH]c(=O)n(COCCO)nc1Cc1ccc(O)cc1. The number of benzene rings is 1. The third kappa shape index (κ3) is 4.01. The number of nitrogens with one attached hydrogen (secondary N) is 1. The number of nitrogens with zero attached hydrogens (tertiary/aromatic N) is 2. The van der Waals surface area contributed by atoms with E-state index < -0.39 is 11.2 Å². The van der Waals surface area contributed by atoms with Crippen LogP contribution < -0.4 is 11.2 Å². The molecule has 0 saturated heterocycles. The summed E-state index contributed by atoms with van der Waals surface area (Å²) in [5.41, 5.74) is -0.306. The molecule has 8 heteroatoms. The first-order chi connectivity index (χ1) is 10.1. The summed E-state index contributed by atoms with van der Waals surface area (Å²) in [4.78, 5) is 25.4. The van der Waals surface area contributed by atoms with Gasteiger partial charge in [-0.05, 0) is 17.7 Å². The number of phenolic OH excluding ortho intramolecular Hbond substituents is 1. The molecule has 0 fully saturated rings. The molecule has 0 aliphatic heterocycles. The van der Waals surface area contributed by atoms with Crippen molar-refractivity contribution in [1.82, 2.24) is 14.8 Å². The van der Waals surface area contributed by atoms with E-state index in [-0.39, 0.29) is 37.8 Å². The molecule has 1 aromatic heterocycles. The van der Waals surface area contributed by atoms with Crippen LogP contribution in [0, 0.1) is 0 Å². The van der Waals surface area contributed by atoms with Crippen LogP contribution in [0.2, 0.25) is 0 Å². The smallest absolute Gasteiger partial charge is 0.346 e. The lowest BCUT2D eigenvalue weighted by Crippen LogP contribution is -2.35. The van der Waals surface area contributed by atoms with Gasteiger partial charge in [-0.15, -0.1) is 0 Å². The average molecular weight is 293 g/mol. The molecule has 0 saturated carbocycles. The van der Waals surface area contributed by atoms with Crippen LogP contribution in [0.4, 0.5) is 0 Å². The molecule has 1 aromatic carbocycles. The molecule has 112 valence electrons. The van der Waals surface area contributed by atoms with Gasteiger partial charge in [-0.25, -0.2) is 4.79 Å². The molecule has 21 heavy (non-hydrogen) atoms. The predicted octanol–water partition coefficient (Wildman–Crippen LogP) is -0.806. The molecule has 0 amide bonds. The summed E-state index contributed by atoms with van der Waals surface area (Å²) in [6.07, 6.45) is 0.218. The molecule has 2 rings (SSSR count). The number of aromatic hydroxyl groups is 1. The van der Waals surface area contributed by atoms with Crippen LogP contribution in [0.15, 0.2) is 33.9 Å². The number of rotatable bonds is 6. The van der Waals surface area contributed by atoms with E-state index in [9.17, 15) is 14.7 Å². The summed E-state index contributed by atoms with van der Waals surface area (Å²) in [7, 11) is 0. The van der Waals surface area contributed by atoms with Gasteiger partial charge in [-0.3, -0.25) is 9.78 Å². The van der Waals surface area contributed by atoms with E-state index in [0.29, 0.717) is 0 Å². The number of hydrogen-bond donors (Lipinski definition) is 3. The van der Waals surface area contributed by atoms with Crippen molar-refractivity contribution in [2.24, 2.45) is 0 Å². The first-order valence-electron chi connectivity index (χ1n) is 6.27. The monoisotopic (exact) mass is 293 g/mol. The lowest BCUT2D eigenvalue weighted by atomic mass is 10.1. The Labute approximate surface area is 119 Å². The van der Waals surface area contributed by atoms with Gasteiger partial charge in [0.25, 0.3) is 5.56 Å². The standard InChI is InChI=1S/C13H15N3O5/c17-5-6-21-8-16-13(20)14-12(19)11(15-16)7-9-1-3-10(18)4-2-9/h1-4,17-18H,5-8H2,(H,14,19,20). The molecule has 0 aliphatic carbocycles. The van der Waals surface area contributed by atoms with Gasteiger partial charge in [-0.2, -0.15) is 9.78 Å². The second kappa shape index (κ2) is 6.82. The molecular weight excluding hydrogens is 278 g/mol. The van der Waals surface area contributed by atoms with E-state index in [2.05, 4.69) is 10.1 Å². The molecule has 8 nitrogen and oxygen atoms in total. The fraction of sp³-hybridized carbons (Fsp3) is 0.308. The van der Waals surface area contributed by atoms with Crippen LogP contribution in [-0.2, 0) is 17.9 Å². The van der Waals surface area contributed by atoms with E-state index in [1.54, 1.807) is 12.1 Å². The fourth-order valence-corrected chi connectivity index (χ4v) is 1.70. The summed E-state index contributed by atoms with van der Waals surface area (Å²) < 4.78 is 5.98. The van der Waals surface area contributed by atoms with E-state index >= 15 is 0 Å². The van der Waals surface area contributed by atoms with Crippen molar-refractivity contribution in [3.63, 3.8) is 0 Å². The molecule has 1 heterocycles. The van der Waals surface area contributed by atoms with E-state index in [1.165, 1.54) is 12.1 Å². The van der Waals surface area contributed by atoms with Crippen molar-refractivity contribution in [2.45, 2.75) is 13.2 Å². The maximum atomic E-state index is 11.7. The molecule has 3 N–H and O–H groups in total. The number of H-pyrrole nitrogens is 1. The van der Waals surface area contributed by atoms with Crippen LogP contribution >= 0.6 is 0 Å². The van der Waals surface area contributed by atoms with E-state index in [1.807, 2.05) is 0 Å². The fourth-order valence-electron chi connectivity index (χ4n) is 1.70. The molecule has 0 aliphatic rings. The van der Waals surface area contributed by atoms with Gasteiger partial charge >= 0.3 is 5.69 Å². The number of aliphatic hydroxyl groups excluding tert-OH is 1. The predicted molar refractivity (Wildman–Crippen MR) is 73.1 cm³/mol. The van der Waals surface area contributed by atoms with Crippen molar-refractivity contribution in [3.05, 3.63) is 56.4 Å². The van der Waals surface area contributed by atoms with Crippen LogP contribution in [0.5, 0.6) is 5.75 Å². The zero-order chi connectivity index (χ0) is 15.2. The number of ether oxygens (including phenoxy) is 1. The van der Waals surface area contributed by atoms with Crippen LogP contribution in [0.25, 0.3) is 0 Å². The number of aromatic amines is 1. The summed E-state index contributed by atoms with van der Waals surface area (Å²) >= 11 is 0. The van der Waals surface area contributed by atoms with Gasteiger partial charge in [0.1, 0.15) is 18.2 Å². The highest BCUT2D eigenvalue weighted by Gasteiger charge is 2.08. The Morgan fingerprint density at radius 2 is 1.95 bits per heavy atom. The first kappa shape index (κ1) is 14.9. The molecule has 0 spiro atoms. The number of phenols is 1. The summed E-state index contributed by atoms with van der Waals surface area (Å²) in [5, 5.41) is 21.8. The van der Waals surface area contributed by atoms with Gasteiger partial charge in [0.2, 0.25) is 0 Å². The third-order valence-corrected chi connectivity index (χ3v) is 2.72. The van der Waals surface area contributed by atoms with Crippen molar-refractivity contribution in [3.8, 4) is 5.75 Å². The highest BCUT2D eigenvalue weighted by Crippen LogP contribution is 2.11. The Hall–Kier alpha value is -2.45. The van der Waals surface area contributed by atoms with Crippen LogP contribution in [-0.4, -0.2) is 38.2 Å². The average Bonchev–Trinajstić information content (AvgIpc) is 2.46. The molecule has 0 unspecified atom stereocenters. The van der Waals surface area contributed by atoms with Gasteiger partial charge < -0.3 is 14.9 Å². The lowest BCUT2D eigenvalue weighted by molar-refractivity contribution is 0.0379. The molecule has 0 bridgehead atoms.